The second-order valence-electron chi connectivity index (χ2n) is 4.13. The molecule has 0 aliphatic heterocycles. The first-order valence-electron chi connectivity index (χ1n) is 6.00. The molecule has 2 aromatic rings. The van der Waals surface area contributed by atoms with Crippen molar-refractivity contribution in [3.63, 3.8) is 0 Å². The smallest absolute Gasteiger partial charge is 0.394 e. The second-order valence-corrected chi connectivity index (χ2v) is 4.13. The minimum Gasteiger partial charge on any atom is -0.508 e. The quantitative estimate of drug-likeness (QED) is 0.549. The van der Waals surface area contributed by atoms with Gasteiger partial charge in [-0.3, -0.25) is 4.79 Å². The van der Waals surface area contributed by atoms with Gasteiger partial charge in [-0.05, 0) is 48.5 Å². The number of benzene rings is 2. The predicted octanol–water partition coefficient (Wildman–Crippen LogP) is 1.82. The molecule has 0 bridgehead atoms. The summed E-state index contributed by atoms with van der Waals surface area (Å²) in [5, 5.41) is 19.9. The van der Waals surface area contributed by atoms with Gasteiger partial charge in [0.15, 0.2) is 0 Å². The van der Waals surface area contributed by atoms with Crippen molar-refractivity contribution in [3.8, 4) is 17.6 Å². The maximum Gasteiger partial charge on any atom is 0.394 e. The number of carbonyl (C=O) groups excluding carboxylic acids is 1. The third-order valence-corrected chi connectivity index (χ3v) is 2.56. The van der Waals surface area contributed by atoms with Crippen molar-refractivity contribution >= 4 is 17.6 Å². The predicted molar refractivity (Wildman–Crippen MR) is 76.8 cm³/mol. The fraction of sp³-hybridized carbons (Fsp3) is 0. The van der Waals surface area contributed by atoms with Crippen LogP contribution in [0.25, 0.3) is 0 Å². The summed E-state index contributed by atoms with van der Waals surface area (Å²) in [5.74, 6) is 3.41. The Morgan fingerprint density at radius 2 is 1.33 bits per heavy atom. The maximum atomic E-state index is 11.0. The van der Waals surface area contributed by atoms with Gasteiger partial charge in [0.1, 0.15) is 5.75 Å². The molecule has 5 heteroatoms. The summed E-state index contributed by atoms with van der Waals surface area (Å²) in [6, 6.07) is 13.0. The topological polar surface area (TPSA) is 86.6 Å². The van der Waals surface area contributed by atoms with Crippen LogP contribution < -0.4 is 5.32 Å². The molecule has 2 aromatic carbocycles. The van der Waals surface area contributed by atoms with E-state index in [4.69, 9.17) is 10.2 Å². The van der Waals surface area contributed by atoms with Gasteiger partial charge in [-0.2, -0.15) is 0 Å². The number of nitrogens with one attached hydrogen (secondary N) is 1. The van der Waals surface area contributed by atoms with Crippen LogP contribution in [0.3, 0.4) is 0 Å². The zero-order valence-electron chi connectivity index (χ0n) is 10.8. The first-order valence-corrected chi connectivity index (χ1v) is 6.00. The molecule has 1 amide bonds. The Hall–Kier alpha value is -3.26. The van der Waals surface area contributed by atoms with Crippen molar-refractivity contribution in [1.82, 2.24) is 0 Å². The molecule has 0 saturated heterocycles. The van der Waals surface area contributed by atoms with Gasteiger partial charge in [-0.15, -0.1) is 0 Å². The lowest BCUT2D eigenvalue weighted by Crippen LogP contribution is -2.21. The molecule has 5 nitrogen and oxygen atoms in total. The summed E-state index contributed by atoms with van der Waals surface area (Å²) in [6.07, 6.45) is 0. The Labute approximate surface area is 120 Å². The minimum absolute atomic E-state index is 0.180. The average molecular weight is 281 g/mol. The number of anilines is 1. The molecule has 3 N–H and O–H groups in total. The summed E-state index contributed by atoms with van der Waals surface area (Å²) < 4.78 is 0. The molecule has 104 valence electrons. The molecule has 0 fully saturated rings. The van der Waals surface area contributed by atoms with Crippen LogP contribution in [0.2, 0.25) is 0 Å². The van der Waals surface area contributed by atoms with E-state index in [1.165, 1.54) is 0 Å². The van der Waals surface area contributed by atoms with E-state index >= 15 is 0 Å². The van der Waals surface area contributed by atoms with E-state index < -0.39 is 11.9 Å². The second kappa shape index (κ2) is 6.26. The molecule has 0 aliphatic carbocycles. The van der Waals surface area contributed by atoms with E-state index in [-0.39, 0.29) is 5.75 Å². The van der Waals surface area contributed by atoms with E-state index in [0.717, 1.165) is 11.1 Å². The van der Waals surface area contributed by atoms with E-state index in [9.17, 15) is 9.59 Å². The molecule has 0 saturated carbocycles. The zero-order valence-corrected chi connectivity index (χ0v) is 10.8. The summed E-state index contributed by atoms with van der Waals surface area (Å²) in [4.78, 5) is 21.4. The highest BCUT2D eigenvalue weighted by molar-refractivity contribution is 6.36. The van der Waals surface area contributed by atoms with Gasteiger partial charge in [-0.25, -0.2) is 4.79 Å². The van der Waals surface area contributed by atoms with Crippen LogP contribution in [0, 0.1) is 11.8 Å². The van der Waals surface area contributed by atoms with Gasteiger partial charge in [0, 0.05) is 16.8 Å². The number of aromatic hydroxyl groups is 1. The Bertz CT molecular complexity index is 722. The fourth-order valence-corrected chi connectivity index (χ4v) is 1.51. The third-order valence-electron chi connectivity index (χ3n) is 2.56. The minimum atomic E-state index is -1.54. The van der Waals surface area contributed by atoms with Crippen molar-refractivity contribution < 1.29 is 19.8 Å². The monoisotopic (exact) mass is 281 g/mol. The highest BCUT2D eigenvalue weighted by atomic mass is 16.4. The van der Waals surface area contributed by atoms with Crippen molar-refractivity contribution in [1.29, 1.82) is 0 Å². The lowest BCUT2D eigenvalue weighted by atomic mass is 10.1. The van der Waals surface area contributed by atoms with E-state index in [2.05, 4.69) is 17.2 Å². The van der Waals surface area contributed by atoms with Crippen LogP contribution in [0.15, 0.2) is 48.5 Å². The molecule has 0 heterocycles. The Morgan fingerprint density at radius 3 is 1.81 bits per heavy atom. The highest BCUT2D eigenvalue weighted by Crippen LogP contribution is 2.10. The maximum absolute atomic E-state index is 11.0. The standard InChI is InChI=1S/C16H11NO4/c18-14-9-5-12(6-10-14)2-1-11-3-7-13(8-4-11)17-15(19)16(20)21/h3-10,18H,(H,17,19)(H,20,21). The summed E-state index contributed by atoms with van der Waals surface area (Å²) in [6.45, 7) is 0. The van der Waals surface area contributed by atoms with Crippen molar-refractivity contribution in [2.45, 2.75) is 0 Å². The third kappa shape index (κ3) is 4.11. The molecule has 0 unspecified atom stereocenters. The zero-order chi connectivity index (χ0) is 15.2. The van der Waals surface area contributed by atoms with Crippen LogP contribution in [0.5, 0.6) is 5.75 Å². The molecule has 2 rings (SSSR count). The SMILES string of the molecule is O=C(O)C(=O)Nc1ccc(C#Cc2ccc(O)cc2)cc1. The molecule has 0 atom stereocenters. The van der Waals surface area contributed by atoms with Gasteiger partial charge < -0.3 is 15.5 Å². The van der Waals surface area contributed by atoms with Crippen molar-refractivity contribution in [3.05, 3.63) is 59.7 Å². The number of phenolic OH excluding ortho intramolecular Hbond substituents is 1. The Balaban J connectivity index is 2.08. The summed E-state index contributed by atoms with van der Waals surface area (Å²) >= 11 is 0. The number of hydrogen-bond acceptors (Lipinski definition) is 3. The molecule has 0 radical (unpaired) electrons. The van der Waals surface area contributed by atoms with E-state index in [0.29, 0.717) is 5.69 Å². The largest absolute Gasteiger partial charge is 0.508 e. The van der Waals surface area contributed by atoms with Crippen LogP contribution in [0.1, 0.15) is 11.1 Å². The Morgan fingerprint density at radius 1 is 0.857 bits per heavy atom. The lowest BCUT2D eigenvalue weighted by molar-refractivity contribution is -0.147. The molecular weight excluding hydrogens is 270 g/mol. The normalized spacial score (nSPS) is 9.33. The van der Waals surface area contributed by atoms with Crippen LogP contribution >= 0.6 is 0 Å². The molecule has 0 aliphatic rings. The van der Waals surface area contributed by atoms with Gasteiger partial charge in [-0.1, -0.05) is 11.8 Å². The van der Waals surface area contributed by atoms with E-state index in [1.807, 2.05) is 0 Å². The van der Waals surface area contributed by atoms with Gasteiger partial charge in [0.25, 0.3) is 0 Å². The molecular formula is C16H11NO4. The number of phenols is 1. The average Bonchev–Trinajstić information content (AvgIpc) is 2.48. The molecule has 0 aromatic heterocycles. The van der Waals surface area contributed by atoms with Crippen molar-refractivity contribution in [2.24, 2.45) is 0 Å². The van der Waals surface area contributed by atoms with Crippen LogP contribution in [0.4, 0.5) is 5.69 Å². The van der Waals surface area contributed by atoms with E-state index in [1.54, 1.807) is 48.5 Å². The lowest BCUT2D eigenvalue weighted by Gasteiger charge is -2.01. The summed E-state index contributed by atoms with van der Waals surface area (Å²) in [5.41, 5.74) is 1.87. The van der Waals surface area contributed by atoms with Gasteiger partial charge in [0.05, 0.1) is 0 Å². The molecule has 21 heavy (non-hydrogen) atoms. The number of carboxylic acid groups (broad SMARTS) is 1. The van der Waals surface area contributed by atoms with Gasteiger partial charge >= 0.3 is 11.9 Å². The number of hydrogen-bond donors (Lipinski definition) is 3. The number of rotatable bonds is 1. The summed E-state index contributed by atoms with van der Waals surface area (Å²) in [7, 11) is 0. The highest BCUT2D eigenvalue weighted by Gasteiger charge is 2.10. The first kappa shape index (κ1) is 14.2. The van der Waals surface area contributed by atoms with Crippen molar-refractivity contribution in [2.75, 3.05) is 5.32 Å². The molecule has 0 spiro atoms. The van der Waals surface area contributed by atoms with Gasteiger partial charge in [0.2, 0.25) is 0 Å². The number of carbonyl (C=O) groups is 2. The number of amides is 1. The Kier molecular flexibility index (Phi) is 4.22. The van der Waals surface area contributed by atoms with Crippen LogP contribution in [-0.4, -0.2) is 22.1 Å². The number of aliphatic carboxylic acids is 1. The van der Waals surface area contributed by atoms with Crippen LogP contribution in [-0.2, 0) is 9.59 Å². The fourth-order valence-electron chi connectivity index (χ4n) is 1.51. The first-order chi connectivity index (χ1) is 10.0. The number of carboxylic acids is 1.